The molecular formula is C32H36N8O2. The lowest BCUT2D eigenvalue weighted by Gasteiger charge is -2.40. The molecule has 2 aromatic carbocycles. The molecule has 1 saturated carbocycles. The number of benzene rings is 2. The van der Waals surface area contributed by atoms with E-state index >= 15 is 0 Å². The summed E-state index contributed by atoms with van der Waals surface area (Å²) in [6.07, 6.45) is 9.22. The van der Waals surface area contributed by atoms with Crippen LogP contribution in [0.3, 0.4) is 0 Å². The lowest BCUT2D eigenvalue weighted by Crippen LogP contribution is -2.49. The van der Waals surface area contributed by atoms with Crippen molar-refractivity contribution in [3.05, 3.63) is 78.9 Å². The van der Waals surface area contributed by atoms with Crippen molar-refractivity contribution in [3.8, 4) is 22.5 Å². The molecule has 0 radical (unpaired) electrons. The van der Waals surface area contributed by atoms with E-state index in [1.54, 1.807) is 12.4 Å². The fourth-order valence-electron chi connectivity index (χ4n) is 6.21. The Morgan fingerprint density at radius 2 is 1.83 bits per heavy atom. The van der Waals surface area contributed by atoms with Crippen molar-refractivity contribution in [2.24, 2.45) is 0 Å². The second-order valence-corrected chi connectivity index (χ2v) is 11.2. The molecule has 0 bridgehead atoms. The number of aromatic nitrogens is 5. The van der Waals surface area contributed by atoms with Gasteiger partial charge in [0.2, 0.25) is 0 Å². The number of aliphatic hydroxyl groups excluding tert-OH is 1. The van der Waals surface area contributed by atoms with Gasteiger partial charge in [0.25, 0.3) is 0 Å². The monoisotopic (exact) mass is 564 g/mol. The molecular weight excluding hydrogens is 528 g/mol. The predicted octanol–water partition coefficient (Wildman–Crippen LogP) is 4.98. The van der Waals surface area contributed by atoms with Gasteiger partial charge in [-0.1, -0.05) is 30.7 Å². The molecule has 1 saturated heterocycles. The summed E-state index contributed by atoms with van der Waals surface area (Å²) in [5, 5.41) is 25.8. The fraction of sp³-hybridized carbons (Fsp3) is 0.344. The third kappa shape index (κ3) is 5.93. The van der Waals surface area contributed by atoms with E-state index in [0.29, 0.717) is 17.7 Å². The fourth-order valence-corrected chi connectivity index (χ4v) is 6.21. The maximum Gasteiger partial charge on any atom is 0.161 e. The van der Waals surface area contributed by atoms with Crippen molar-refractivity contribution < 1.29 is 9.84 Å². The van der Waals surface area contributed by atoms with Crippen molar-refractivity contribution in [1.82, 2.24) is 35.4 Å². The Morgan fingerprint density at radius 1 is 0.976 bits per heavy atom. The van der Waals surface area contributed by atoms with Crippen LogP contribution >= 0.6 is 0 Å². The molecule has 5 N–H and O–H groups in total. The van der Waals surface area contributed by atoms with Crippen LogP contribution in [-0.2, 0) is 4.74 Å². The highest BCUT2D eigenvalue weighted by Gasteiger charge is 2.29. The molecule has 10 nitrogen and oxygen atoms in total. The van der Waals surface area contributed by atoms with Crippen LogP contribution in [-0.4, -0.2) is 73.5 Å². The third-order valence-corrected chi connectivity index (χ3v) is 8.44. The number of rotatable bonds is 8. The van der Waals surface area contributed by atoms with Crippen LogP contribution in [0, 0.1) is 0 Å². The molecule has 5 aromatic rings. The number of fused-ring (bicyclic) bond motifs is 1. The number of morpholine rings is 1. The quantitative estimate of drug-likeness (QED) is 0.167. The number of H-pyrrole nitrogens is 2. The van der Waals surface area contributed by atoms with Crippen molar-refractivity contribution >= 4 is 22.4 Å². The minimum absolute atomic E-state index is 0.286. The summed E-state index contributed by atoms with van der Waals surface area (Å²) in [4.78, 5) is 15.3. The molecule has 4 heterocycles. The molecule has 2 fully saturated rings. The van der Waals surface area contributed by atoms with E-state index in [-0.39, 0.29) is 6.04 Å². The summed E-state index contributed by atoms with van der Waals surface area (Å²) in [5.41, 5.74) is 5.68. The van der Waals surface area contributed by atoms with Crippen molar-refractivity contribution in [2.75, 3.05) is 31.6 Å². The van der Waals surface area contributed by atoms with Gasteiger partial charge in [0.05, 0.1) is 25.1 Å². The van der Waals surface area contributed by atoms with E-state index in [2.05, 4.69) is 35.7 Å². The Labute approximate surface area is 244 Å². The van der Waals surface area contributed by atoms with Gasteiger partial charge in [0, 0.05) is 59.9 Å². The summed E-state index contributed by atoms with van der Waals surface area (Å²) in [5.74, 6) is 1.34. The number of hydrogen-bond donors (Lipinski definition) is 5. The number of nitrogens with one attached hydrogen (secondary N) is 4. The van der Waals surface area contributed by atoms with Gasteiger partial charge in [-0.3, -0.25) is 15.3 Å². The number of aromatic amines is 2. The molecule has 0 spiro atoms. The van der Waals surface area contributed by atoms with Gasteiger partial charge in [-0.15, -0.1) is 0 Å². The van der Waals surface area contributed by atoms with Gasteiger partial charge in [-0.25, -0.2) is 9.97 Å². The smallest absolute Gasteiger partial charge is 0.161 e. The highest BCUT2D eigenvalue weighted by Crippen LogP contribution is 2.29. The summed E-state index contributed by atoms with van der Waals surface area (Å²) in [6.45, 7) is 3.66. The molecule has 42 heavy (non-hydrogen) atoms. The molecule has 2 aliphatic rings. The van der Waals surface area contributed by atoms with Crippen molar-refractivity contribution in [1.29, 1.82) is 0 Å². The van der Waals surface area contributed by atoms with Gasteiger partial charge in [0.1, 0.15) is 12.0 Å². The lowest BCUT2D eigenvalue weighted by molar-refractivity contribution is 0.00169. The number of ether oxygens (including phenoxy) is 1. The molecule has 0 amide bonds. The Hall–Kier alpha value is -4.09. The van der Waals surface area contributed by atoms with Gasteiger partial charge in [-0.2, -0.15) is 5.10 Å². The number of anilines is 2. The van der Waals surface area contributed by atoms with Gasteiger partial charge in [0.15, 0.2) is 5.82 Å². The standard InChI is InChI=1S/C32H36N8O2/c41-32(37-26-2-1-3-27(18-26)40-12-14-42-15-13-40)29-16-22-4-5-23(17-28(22)38-29)31-33-11-10-30(39-31)36-25-8-6-21(7-9-25)24-19-34-35-20-24/h4-11,16-17,19-20,26-27,32,37-38,41H,1-3,12-15,18H2,(H,34,35)(H,33,36,39). The largest absolute Gasteiger partial charge is 0.379 e. The first-order valence-electron chi connectivity index (χ1n) is 14.8. The summed E-state index contributed by atoms with van der Waals surface area (Å²) in [7, 11) is 0. The van der Waals surface area contributed by atoms with Crippen LogP contribution in [0.5, 0.6) is 0 Å². The third-order valence-electron chi connectivity index (χ3n) is 8.44. The second-order valence-electron chi connectivity index (χ2n) is 11.2. The Kier molecular flexibility index (Phi) is 7.67. The van der Waals surface area contributed by atoms with Crippen LogP contribution in [0.4, 0.5) is 11.5 Å². The first-order chi connectivity index (χ1) is 20.7. The molecule has 1 aliphatic carbocycles. The average molecular weight is 565 g/mol. The van der Waals surface area contributed by atoms with Crippen LogP contribution in [0.1, 0.15) is 37.6 Å². The van der Waals surface area contributed by atoms with Gasteiger partial charge < -0.3 is 20.1 Å². The molecule has 1 aliphatic heterocycles. The minimum atomic E-state index is -0.752. The zero-order chi connectivity index (χ0) is 28.3. The molecule has 3 atom stereocenters. The van der Waals surface area contributed by atoms with E-state index < -0.39 is 6.23 Å². The molecule has 7 rings (SSSR count). The Balaban J connectivity index is 1.02. The topological polar surface area (TPSA) is 127 Å². The summed E-state index contributed by atoms with van der Waals surface area (Å²) >= 11 is 0. The first-order valence-corrected chi connectivity index (χ1v) is 14.8. The maximum absolute atomic E-state index is 11.1. The highest BCUT2D eigenvalue weighted by molar-refractivity contribution is 5.84. The molecule has 216 valence electrons. The van der Waals surface area contributed by atoms with E-state index in [0.717, 1.165) is 78.1 Å². The van der Waals surface area contributed by atoms with Crippen molar-refractivity contribution in [3.63, 3.8) is 0 Å². The van der Waals surface area contributed by atoms with Gasteiger partial charge in [-0.05, 0) is 60.5 Å². The number of aliphatic hydroxyl groups is 1. The van der Waals surface area contributed by atoms with Crippen LogP contribution in [0.15, 0.2) is 73.2 Å². The first kappa shape index (κ1) is 26.8. The van der Waals surface area contributed by atoms with Crippen LogP contribution < -0.4 is 10.6 Å². The zero-order valence-corrected chi connectivity index (χ0v) is 23.5. The maximum atomic E-state index is 11.1. The molecule has 3 unspecified atom stereocenters. The number of nitrogens with zero attached hydrogens (tertiary/aromatic N) is 4. The second kappa shape index (κ2) is 12.0. The van der Waals surface area contributed by atoms with Crippen molar-refractivity contribution in [2.45, 2.75) is 44.0 Å². The van der Waals surface area contributed by atoms with Gasteiger partial charge >= 0.3 is 0 Å². The van der Waals surface area contributed by atoms with E-state index in [9.17, 15) is 5.11 Å². The minimum Gasteiger partial charge on any atom is -0.379 e. The Morgan fingerprint density at radius 3 is 2.67 bits per heavy atom. The van der Waals surface area contributed by atoms with E-state index in [1.165, 1.54) is 12.8 Å². The lowest BCUT2D eigenvalue weighted by atomic mass is 9.89. The number of hydrogen-bond acceptors (Lipinski definition) is 8. The summed E-state index contributed by atoms with van der Waals surface area (Å²) < 4.78 is 5.53. The predicted molar refractivity (Wildman–Crippen MR) is 163 cm³/mol. The van der Waals surface area contributed by atoms with E-state index in [1.807, 2.05) is 60.8 Å². The van der Waals surface area contributed by atoms with Crippen LogP contribution in [0.25, 0.3) is 33.4 Å². The zero-order valence-electron chi connectivity index (χ0n) is 23.5. The highest BCUT2D eigenvalue weighted by atomic mass is 16.5. The van der Waals surface area contributed by atoms with Crippen LogP contribution in [0.2, 0.25) is 0 Å². The average Bonchev–Trinajstić information content (AvgIpc) is 3.73. The molecule has 3 aromatic heterocycles. The normalized spacial score (nSPS) is 20.5. The molecule has 10 heteroatoms. The summed E-state index contributed by atoms with van der Waals surface area (Å²) in [6, 6.07) is 19.0. The Bertz CT molecular complexity index is 1610. The van der Waals surface area contributed by atoms with E-state index in [4.69, 9.17) is 9.72 Å². The SMILES string of the molecule is OC(NC1CCCC(N2CCOCC2)C1)c1cc2ccc(-c3nccc(Nc4ccc(-c5cn[nH]c5)cc4)n3)cc2[nH]1.